The maximum atomic E-state index is 12.4. The Morgan fingerprint density at radius 3 is 2.53 bits per heavy atom. The molecule has 2 heteroatoms. The van der Waals surface area contributed by atoms with Crippen molar-refractivity contribution in [1.29, 1.82) is 0 Å². The standard InChI is InChI=1S/C17H22O2/c18-16(17(19)9-5-1-2-6-10-17)12-14-11-13-7-3-4-8-15(13)14/h3-4,7-8,14,19H,1-2,5-6,9-12H2. The quantitative estimate of drug-likeness (QED) is 0.844. The van der Waals surface area contributed by atoms with Gasteiger partial charge in [0.05, 0.1) is 0 Å². The molecule has 3 rings (SSSR count). The summed E-state index contributed by atoms with van der Waals surface area (Å²) in [6.07, 6.45) is 7.14. The Kier molecular flexibility index (Phi) is 3.44. The van der Waals surface area contributed by atoms with Crippen LogP contribution in [0.4, 0.5) is 0 Å². The molecule has 2 aliphatic rings. The van der Waals surface area contributed by atoms with Crippen LogP contribution in [0.2, 0.25) is 0 Å². The molecule has 1 fully saturated rings. The molecule has 0 bridgehead atoms. The Balaban J connectivity index is 1.66. The van der Waals surface area contributed by atoms with Crippen LogP contribution < -0.4 is 0 Å². The van der Waals surface area contributed by atoms with Gasteiger partial charge in [0.25, 0.3) is 0 Å². The molecule has 1 atom stereocenters. The third-order valence-electron chi connectivity index (χ3n) is 4.84. The molecule has 1 unspecified atom stereocenters. The number of ketones is 1. The summed E-state index contributed by atoms with van der Waals surface area (Å²) in [6, 6.07) is 8.34. The van der Waals surface area contributed by atoms with Gasteiger partial charge >= 0.3 is 0 Å². The summed E-state index contributed by atoms with van der Waals surface area (Å²) in [5.41, 5.74) is 1.65. The van der Waals surface area contributed by atoms with Gasteiger partial charge in [-0.2, -0.15) is 0 Å². The fourth-order valence-electron chi connectivity index (χ4n) is 3.55. The number of rotatable bonds is 3. The lowest BCUT2D eigenvalue weighted by atomic mass is 9.72. The van der Waals surface area contributed by atoms with Gasteiger partial charge in [0.15, 0.2) is 5.78 Å². The van der Waals surface area contributed by atoms with Gasteiger partial charge in [0.1, 0.15) is 5.60 Å². The van der Waals surface area contributed by atoms with Crippen molar-refractivity contribution in [2.24, 2.45) is 0 Å². The number of Topliss-reactive ketones (excluding diaryl/α,β-unsaturated/α-hetero) is 1. The lowest BCUT2D eigenvalue weighted by molar-refractivity contribution is -0.139. The summed E-state index contributed by atoms with van der Waals surface area (Å²) in [5.74, 6) is 0.421. The van der Waals surface area contributed by atoms with Crippen LogP contribution in [0, 0.1) is 0 Å². The third-order valence-corrected chi connectivity index (χ3v) is 4.84. The van der Waals surface area contributed by atoms with E-state index in [4.69, 9.17) is 0 Å². The highest BCUT2D eigenvalue weighted by Crippen LogP contribution is 2.39. The molecule has 1 aromatic rings. The molecule has 0 aliphatic heterocycles. The fourth-order valence-corrected chi connectivity index (χ4v) is 3.55. The first-order valence-corrected chi connectivity index (χ1v) is 7.52. The van der Waals surface area contributed by atoms with Crippen molar-refractivity contribution in [2.75, 3.05) is 0 Å². The van der Waals surface area contributed by atoms with Crippen LogP contribution in [-0.2, 0) is 11.2 Å². The Bertz CT molecular complexity index is 470. The van der Waals surface area contributed by atoms with E-state index in [-0.39, 0.29) is 5.78 Å². The van der Waals surface area contributed by atoms with Gasteiger partial charge in [0.2, 0.25) is 0 Å². The van der Waals surface area contributed by atoms with Crippen LogP contribution in [-0.4, -0.2) is 16.5 Å². The average Bonchev–Trinajstić information content (AvgIpc) is 2.62. The highest BCUT2D eigenvalue weighted by molar-refractivity contribution is 5.88. The summed E-state index contributed by atoms with van der Waals surface area (Å²) >= 11 is 0. The first-order chi connectivity index (χ1) is 9.19. The van der Waals surface area contributed by atoms with Gasteiger partial charge in [-0.25, -0.2) is 0 Å². The number of fused-ring (bicyclic) bond motifs is 1. The molecule has 1 saturated carbocycles. The Morgan fingerprint density at radius 1 is 1.16 bits per heavy atom. The molecule has 0 spiro atoms. The predicted molar refractivity (Wildman–Crippen MR) is 75.2 cm³/mol. The molecular formula is C17H22O2. The van der Waals surface area contributed by atoms with Gasteiger partial charge in [-0.05, 0) is 36.3 Å². The zero-order chi connectivity index (χ0) is 13.3. The maximum Gasteiger partial charge on any atom is 0.164 e. The predicted octanol–water partition coefficient (Wildman–Crippen LogP) is 3.37. The van der Waals surface area contributed by atoms with Gasteiger partial charge in [-0.1, -0.05) is 49.9 Å². The minimum Gasteiger partial charge on any atom is -0.382 e. The zero-order valence-corrected chi connectivity index (χ0v) is 11.4. The summed E-state index contributed by atoms with van der Waals surface area (Å²) < 4.78 is 0. The zero-order valence-electron chi connectivity index (χ0n) is 11.4. The van der Waals surface area contributed by atoms with Crippen LogP contribution in [0.25, 0.3) is 0 Å². The number of carbonyl (C=O) groups excluding carboxylic acids is 1. The maximum absolute atomic E-state index is 12.4. The van der Waals surface area contributed by atoms with E-state index in [1.807, 2.05) is 6.07 Å². The second-order valence-electron chi connectivity index (χ2n) is 6.17. The van der Waals surface area contributed by atoms with E-state index in [1.54, 1.807) is 0 Å². The summed E-state index contributed by atoms with van der Waals surface area (Å²) in [7, 11) is 0. The molecule has 102 valence electrons. The number of aliphatic hydroxyl groups is 1. The van der Waals surface area contributed by atoms with Gasteiger partial charge in [-0.15, -0.1) is 0 Å². The molecule has 2 aliphatic carbocycles. The van der Waals surface area contributed by atoms with E-state index < -0.39 is 5.60 Å². The summed E-state index contributed by atoms with van der Waals surface area (Å²) in [5, 5.41) is 10.6. The SMILES string of the molecule is O=C(CC1Cc2ccccc21)C1(O)CCCCCC1. The first kappa shape index (κ1) is 12.9. The van der Waals surface area contributed by atoms with Gasteiger partial charge in [-0.3, -0.25) is 4.79 Å². The van der Waals surface area contributed by atoms with Crippen LogP contribution in [0.1, 0.15) is 62.0 Å². The number of carbonyl (C=O) groups is 1. The monoisotopic (exact) mass is 258 g/mol. The van der Waals surface area contributed by atoms with E-state index in [0.29, 0.717) is 25.2 Å². The number of benzene rings is 1. The van der Waals surface area contributed by atoms with Gasteiger partial charge in [0, 0.05) is 6.42 Å². The van der Waals surface area contributed by atoms with E-state index in [1.165, 1.54) is 11.1 Å². The molecule has 1 aromatic carbocycles. The lowest BCUT2D eigenvalue weighted by Gasteiger charge is -2.33. The smallest absolute Gasteiger partial charge is 0.164 e. The van der Waals surface area contributed by atoms with Crippen molar-refractivity contribution in [2.45, 2.75) is 62.9 Å². The van der Waals surface area contributed by atoms with Crippen LogP contribution in [0.15, 0.2) is 24.3 Å². The largest absolute Gasteiger partial charge is 0.382 e. The second-order valence-corrected chi connectivity index (χ2v) is 6.17. The minimum absolute atomic E-state index is 0.0777. The van der Waals surface area contributed by atoms with Crippen LogP contribution >= 0.6 is 0 Å². The first-order valence-electron chi connectivity index (χ1n) is 7.52. The third kappa shape index (κ3) is 2.46. The molecule has 0 aromatic heterocycles. The molecular weight excluding hydrogens is 236 g/mol. The van der Waals surface area contributed by atoms with Gasteiger partial charge < -0.3 is 5.11 Å². The van der Waals surface area contributed by atoms with Crippen molar-refractivity contribution >= 4 is 5.78 Å². The minimum atomic E-state index is -1.03. The molecule has 0 heterocycles. The molecule has 0 radical (unpaired) electrons. The Labute approximate surface area is 114 Å². The molecule has 0 saturated heterocycles. The van der Waals surface area contributed by atoms with E-state index in [2.05, 4.69) is 18.2 Å². The number of hydrogen-bond donors (Lipinski definition) is 1. The number of hydrogen-bond acceptors (Lipinski definition) is 2. The van der Waals surface area contributed by atoms with E-state index >= 15 is 0 Å². The highest BCUT2D eigenvalue weighted by atomic mass is 16.3. The summed E-state index contributed by atoms with van der Waals surface area (Å²) in [4.78, 5) is 12.4. The highest BCUT2D eigenvalue weighted by Gasteiger charge is 2.38. The van der Waals surface area contributed by atoms with E-state index in [0.717, 1.165) is 32.1 Å². The topological polar surface area (TPSA) is 37.3 Å². The van der Waals surface area contributed by atoms with Crippen molar-refractivity contribution in [3.05, 3.63) is 35.4 Å². The normalized spacial score (nSPS) is 25.0. The lowest BCUT2D eigenvalue weighted by Crippen LogP contribution is -2.39. The van der Waals surface area contributed by atoms with Crippen molar-refractivity contribution < 1.29 is 9.90 Å². The Hall–Kier alpha value is -1.15. The fraction of sp³-hybridized carbons (Fsp3) is 0.588. The molecule has 19 heavy (non-hydrogen) atoms. The molecule has 2 nitrogen and oxygen atoms in total. The van der Waals surface area contributed by atoms with Crippen LogP contribution in [0.3, 0.4) is 0 Å². The summed E-state index contributed by atoms with van der Waals surface area (Å²) in [6.45, 7) is 0. The van der Waals surface area contributed by atoms with Crippen LogP contribution in [0.5, 0.6) is 0 Å². The molecule has 1 N–H and O–H groups in total. The van der Waals surface area contributed by atoms with E-state index in [9.17, 15) is 9.90 Å². The van der Waals surface area contributed by atoms with Crippen molar-refractivity contribution in [3.63, 3.8) is 0 Å². The van der Waals surface area contributed by atoms with Crippen molar-refractivity contribution in [1.82, 2.24) is 0 Å². The second kappa shape index (κ2) is 5.09. The van der Waals surface area contributed by atoms with Crippen molar-refractivity contribution in [3.8, 4) is 0 Å². The molecule has 0 amide bonds. The average molecular weight is 258 g/mol. The Morgan fingerprint density at radius 2 is 1.84 bits per heavy atom.